The summed E-state index contributed by atoms with van der Waals surface area (Å²) in [4.78, 5) is 2.19. The van der Waals surface area contributed by atoms with E-state index >= 15 is 0 Å². The minimum absolute atomic E-state index is 0.0170. The fraction of sp³-hybridized carbons (Fsp3) is 0.556. The van der Waals surface area contributed by atoms with Gasteiger partial charge in [-0.05, 0) is 49.2 Å². The number of sulfone groups is 1. The van der Waals surface area contributed by atoms with Crippen LogP contribution in [-0.2, 0) is 16.5 Å². The van der Waals surface area contributed by atoms with E-state index in [2.05, 4.69) is 29.2 Å². The van der Waals surface area contributed by atoms with Crippen LogP contribution in [0.4, 0.5) is 10.8 Å². The van der Waals surface area contributed by atoms with Crippen molar-refractivity contribution in [3.05, 3.63) is 32.7 Å². The number of aryl methyl sites for hydroxylation is 1. The van der Waals surface area contributed by atoms with E-state index in [0.29, 0.717) is 33.1 Å². The molecule has 1 aliphatic heterocycles. The first-order chi connectivity index (χ1) is 13.1. The number of nitrogens with zero attached hydrogens (tertiary/aromatic N) is 3. The first-order valence-corrected chi connectivity index (χ1v) is 12.6. The minimum atomic E-state index is -2.94. The Labute approximate surface area is 180 Å². The van der Waals surface area contributed by atoms with Crippen LogP contribution in [0.5, 0.6) is 0 Å². The van der Waals surface area contributed by atoms with Gasteiger partial charge in [-0.2, -0.15) is 0 Å². The second-order valence-electron chi connectivity index (χ2n) is 7.63. The normalized spacial score (nSPS) is 18.9. The standard InChI is InChI=1S/C18H25ClN4O2S3/c1-12(2)9-22(15-6-7-28(24,25)10-15)11-23-18(26)27-17(21-23)20-14-5-4-13(3)16(19)8-14/h4-5,8,12,15H,6-7,9-11H2,1-3H3,(H,20,21). The summed E-state index contributed by atoms with van der Waals surface area (Å²) in [5.74, 6) is 0.892. The molecule has 1 aromatic heterocycles. The van der Waals surface area contributed by atoms with Crippen molar-refractivity contribution < 1.29 is 8.42 Å². The van der Waals surface area contributed by atoms with Crippen molar-refractivity contribution >= 4 is 55.8 Å². The molecule has 3 rings (SSSR count). The van der Waals surface area contributed by atoms with Crippen molar-refractivity contribution in [2.75, 3.05) is 23.4 Å². The van der Waals surface area contributed by atoms with E-state index in [0.717, 1.165) is 17.8 Å². The largest absolute Gasteiger partial charge is 0.330 e. The summed E-state index contributed by atoms with van der Waals surface area (Å²) in [5, 5.41) is 9.23. The number of aromatic nitrogens is 2. The number of rotatable bonds is 7. The second kappa shape index (κ2) is 8.79. The third kappa shape index (κ3) is 5.54. The first kappa shape index (κ1) is 21.7. The third-order valence-electron chi connectivity index (χ3n) is 4.67. The van der Waals surface area contributed by atoms with Crippen LogP contribution < -0.4 is 5.32 Å². The second-order valence-corrected chi connectivity index (χ2v) is 11.9. The molecule has 2 heterocycles. The van der Waals surface area contributed by atoms with Crippen LogP contribution in [0, 0.1) is 16.8 Å². The molecule has 1 aromatic carbocycles. The van der Waals surface area contributed by atoms with Crippen LogP contribution >= 0.6 is 35.2 Å². The lowest BCUT2D eigenvalue weighted by Crippen LogP contribution is -2.40. The van der Waals surface area contributed by atoms with E-state index in [4.69, 9.17) is 23.8 Å². The van der Waals surface area contributed by atoms with E-state index in [1.54, 1.807) is 4.68 Å². The van der Waals surface area contributed by atoms with Crippen LogP contribution in [0.15, 0.2) is 18.2 Å². The molecule has 0 aliphatic carbocycles. The Hall–Kier alpha value is -1.00. The zero-order chi connectivity index (χ0) is 20.5. The lowest BCUT2D eigenvalue weighted by atomic mass is 10.1. The van der Waals surface area contributed by atoms with Crippen molar-refractivity contribution in [3.63, 3.8) is 0 Å². The maximum absolute atomic E-state index is 11.9. The molecule has 0 saturated carbocycles. The average Bonchev–Trinajstić information content (AvgIpc) is 3.12. The molecule has 1 unspecified atom stereocenters. The zero-order valence-electron chi connectivity index (χ0n) is 16.2. The predicted octanol–water partition coefficient (Wildman–Crippen LogP) is 4.48. The number of hydrogen-bond donors (Lipinski definition) is 1. The lowest BCUT2D eigenvalue weighted by Gasteiger charge is -2.29. The Balaban J connectivity index is 1.76. The zero-order valence-corrected chi connectivity index (χ0v) is 19.4. The molecule has 28 heavy (non-hydrogen) atoms. The Kier molecular flexibility index (Phi) is 6.81. The SMILES string of the molecule is Cc1ccc(Nc2nn(CN(CC(C)C)C3CCS(=O)(=O)C3)c(=S)s2)cc1Cl. The van der Waals surface area contributed by atoms with Crippen molar-refractivity contribution in [1.82, 2.24) is 14.7 Å². The van der Waals surface area contributed by atoms with Gasteiger partial charge in [0.1, 0.15) is 0 Å². The summed E-state index contributed by atoms with van der Waals surface area (Å²) in [5.41, 5.74) is 1.87. The van der Waals surface area contributed by atoms with Gasteiger partial charge in [0, 0.05) is 23.3 Å². The van der Waals surface area contributed by atoms with Crippen molar-refractivity contribution in [3.8, 4) is 0 Å². The molecule has 0 bridgehead atoms. The molecule has 2 aromatic rings. The Morgan fingerprint density at radius 2 is 2.21 bits per heavy atom. The highest BCUT2D eigenvalue weighted by molar-refractivity contribution is 7.91. The fourth-order valence-corrected chi connectivity index (χ4v) is 6.22. The van der Waals surface area contributed by atoms with E-state index in [-0.39, 0.29) is 17.5 Å². The lowest BCUT2D eigenvalue weighted by molar-refractivity contribution is 0.138. The van der Waals surface area contributed by atoms with Gasteiger partial charge in [-0.15, -0.1) is 5.10 Å². The maximum atomic E-state index is 11.9. The van der Waals surface area contributed by atoms with Gasteiger partial charge < -0.3 is 5.32 Å². The third-order valence-corrected chi connectivity index (χ3v) is 8.05. The van der Waals surface area contributed by atoms with Crippen LogP contribution in [0.2, 0.25) is 5.02 Å². The van der Waals surface area contributed by atoms with Crippen LogP contribution in [0.1, 0.15) is 25.8 Å². The number of halogens is 1. The Bertz CT molecular complexity index is 1000. The van der Waals surface area contributed by atoms with Crippen molar-refractivity contribution in [2.45, 2.75) is 39.9 Å². The highest BCUT2D eigenvalue weighted by Gasteiger charge is 2.32. The summed E-state index contributed by atoms with van der Waals surface area (Å²) >= 11 is 13.1. The van der Waals surface area contributed by atoms with Gasteiger partial charge in [0.15, 0.2) is 13.8 Å². The van der Waals surface area contributed by atoms with Gasteiger partial charge in [0.2, 0.25) is 5.13 Å². The van der Waals surface area contributed by atoms with Gasteiger partial charge in [-0.25, -0.2) is 13.1 Å². The molecule has 1 saturated heterocycles. The molecule has 1 N–H and O–H groups in total. The van der Waals surface area contributed by atoms with Gasteiger partial charge in [0.05, 0.1) is 18.2 Å². The molecule has 154 valence electrons. The van der Waals surface area contributed by atoms with E-state index < -0.39 is 9.84 Å². The van der Waals surface area contributed by atoms with Crippen LogP contribution in [0.25, 0.3) is 0 Å². The van der Waals surface area contributed by atoms with Crippen LogP contribution in [0.3, 0.4) is 0 Å². The molecule has 1 atom stereocenters. The quantitative estimate of drug-likeness (QED) is 0.614. The fourth-order valence-electron chi connectivity index (χ4n) is 3.27. The van der Waals surface area contributed by atoms with Gasteiger partial charge in [-0.3, -0.25) is 4.90 Å². The summed E-state index contributed by atoms with van der Waals surface area (Å²) in [6.45, 7) is 7.51. The number of benzene rings is 1. The summed E-state index contributed by atoms with van der Waals surface area (Å²) in [6, 6.07) is 5.78. The molecule has 6 nitrogen and oxygen atoms in total. The topological polar surface area (TPSA) is 67.2 Å². The average molecular weight is 461 g/mol. The minimum Gasteiger partial charge on any atom is -0.330 e. The molecule has 1 fully saturated rings. The molecule has 10 heteroatoms. The van der Waals surface area contributed by atoms with E-state index in [1.807, 2.05) is 25.1 Å². The van der Waals surface area contributed by atoms with Crippen molar-refractivity contribution in [2.24, 2.45) is 5.92 Å². The highest BCUT2D eigenvalue weighted by atomic mass is 35.5. The molecular weight excluding hydrogens is 436 g/mol. The number of nitrogens with one attached hydrogen (secondary N) is 1. The maximum Gasteiger partial charge on any atom is 0.209 e. The Morgan fingerprint density at radius 1 is 1.46 bits per heavy atom. The first-order valence-electron chi connectivity index (χ1n) is 9.18. The van der Waals surface area contributed by atoms with Gasteiger partial charge >= 0.3 is 0 Å². The van der Waals surface area contributed by atoms with Gasteiger partial charge in [-0.1, -0.05) is 42.9 Å². The summed E-state index contributed by atoms with van der Waals surface area (Å²) in [7, 11) is -2.94. The smallest absolute Gasteiger partial charge is 0.209 e. The van der Waals surface area contributed by atoms with Crippen LogP contribution in [-0.4, -0.2) is 47.2 Å². The predicted molar refractivity (Wildman–Crippen MR) is 119 cm³/mol. The molecular formula is C18H25ClN4O2S3. The monoisotopic (exact) mass is 460 g/mol. The van der Waals surface area contributed by atoms with E-state index in [1.165, 1.54) is 11.3 Å². The molecule has 1 aliphatic rings. The number of anilines is 2. The number of hydrogen-bond acceptors (Lipinski definition) is 7. The molecule has 0 spiro atoms. The van der Waals surface area contributed by atoms with Gasteiger partial charge in [0.25, 0.3) is 0 Å². The van der Waals surface area contributed by atoms with E-state index in [9.17, 15) is 8.42 Å². The molecule has 0 amide bonds. The molecule has 0 radical (unpaired) electrons. The highest BCUT2D eigenvalue weighted by Crippen LogP contribution is 2.26. The Morgan fingerprint density at radius 3 is 2.82 bits per heavy atom. The van der Waals surface area contributed by atoms with Crippen molar-refractivity contribution in [1.29, 1.82) is 0 Å². The summed E-state index contributed by atoms with van der Waals surface area (Å²) < 4.78 is 26.3. The summed E-state index contributed by atoms with van der Waals surface area (Å²) in [6.07, 6.45) is 0.666.